The summed E-state index contributed by atoms with van der Waals surface area (Å²) in [5.41, 5.74) is 1.01. The van der Waals surface area contributed by atoms with E-state index in [-0.39, 0.29) is 17.4 Å². The highest BCUT2D eigenvalue weighted by Gasteiger charge is 2.16. The van der Waals surface area contributed by atoms with E-state index in [1.165, 1.54) is 35.6 Å². The number of thiophene rings is 1. The number of hydrogen-bond donors (Lipinski definition) is 3. The second kappa shape index (κ2) is 7.06. The van der Waals surface area contributed by atoms with Crippen molar-refractivity contribution in [1.82, 2.24) is 0 Å². The number of aryl methyl sites for hydroxylation is 1. The Labute approximate surface area is 137 Å². The molecule has 0 aliphatic heterocycles. The van der Waals surface area contributed by atoms with Crippen LogP contribution in [-0.2, 0) is 4.79 Å². The van der Waals surface area contributed by atoms with Gasteiger partial charge in [-0.2, -0.15) is 0 Å². The first-order valence-corrected chi connectivity index (χ1v) is 7.77. The number of rotatable bonds is 5. The lowest BCUT2D eigenvalue weighted by Gasteiger charge is -2.07. The summed E-state index contributed by atoms with van der Waals surface area (Å²) in [5.74, 6) is -1.54. The second-order valence-electron chi connectivity index (χ2n) is 4.84. The molecule has 0 bridgehead atoms. The van der Waals surface area contributed by atoms with Gasteiger partial charge in [-0.25, -0.2) is 4.79 Å². The fourth-order valence-electron chi connectivity index (χ4n) is 1.89. The monoisotopic (exact) mass is 332 g/mol. The third kappa shape index (κ3) is 4.17. The Hall–Kier alpha value is -2.67. The minimum absolute atomic E-state index is 0.144. The molecule has 0 atom stereocenters. The molecule has 0 radical (unpaired) electrons. The maximum Gasteiger partial charge on any atom is 0.335 e. The van der Waals surface area contributed by atoms with E-state index >= 15 is 0 Å². The van der Waals surface area contributed by atoms with Gasteiger partial charge in [-0.3, -0.25) is 9.59 Å². The molecule has 0 fully saturated rings. The summed E-state index contributed by atoms with van der Waals surface area (Å²) in [6.45, 7) is 3.59. The number of anilines is 2. The minimum Gasteiger partial charge on any atom is -0.478 e. The van der Waals surface area contributed by atoms with Crippen molar-refractivity contribution in [3.63, 3.8) is 0 Å². The number of carbonyl (C=O) groups is 3. The van der Waals surface area contributed by atoms with Crippen molar-refractivity contribution in [2.75, 3.05) is 10.6 Å². The highest BCUT2D eigenvalue weighted by Crippen LogP contribution is 2.28. The van der Waals surface area contributed by atoms with Gasteiger partial charge in [-0.15, -0.1) is 11.3 Å². The number of carbonyl (C=O) groups excluding carboxylic acids is 2. The van der Waals surface area contributed by atoms with Gasteiger partial charge in [0.1, 0.15) is 5.00 Å². The van der Waals surface area contributed by atoms with Crippen LogP contribution in [0.1, 0.15) is 38.9 Å². The van der Waals surface area contributed by atoms with Gasteiger partial charge in [-0.1, -0.05) is 6.92 Å². The molecule has 2 amide bonds. The molecule has 6 nitrogen and oxygen atoms in total. The molecule has 7 heteroatoms. The van der Waals surface area contributed by atoms with E-state index in [1.54, 1.807) is 13.0 Å². The smallest absolute Gasteiger partial charge is 0.335 e. The number of nitrogens with one attached hydrogen (secondary N) is 2. The summed E-state index contributed by atoms with van der Waals surface area (Å²) < 4.78 is 0. The Kier molecular flexibility index (Phi) is 5.13. The molecule has 120 valence electrons. The van der Waals surface area contributed by atoms with Crippen LogP contribution in [0.3, 0.4) is 0 Å². The number of carboxylic acid groups (broad SMARTS) is 1. The Morgan fingerprint density at radius 3 is 2.35 bits per heavy atom. The quantitative estimate of drug-likeness (QED) is 0.782. The Morgan fingerprint density at radius 2 is 1.78 bits per heavy atom. The lowest BCUT2D eigenvalue weighted by Crippen LogP contribution is -2.15. The molecule has 3 N–H and O–H groups in total. The first-order valence-electron chi connectivity index (χ1n) is 6.95. The third-order valence-electron chi connectivity index (χ3n) is 3.06. The van der Waals surface area contributed by atoms with Crippen molar-refractivity contribution in [3.8, 4) is 0 Å². The van der Waals surface area contributed by atoms with E-state index in [1.807, 2.05) is 6.92 Å². The van der Waals surface area contributed by atoms with Gasteiger partial charge >= 0.3 is 5.97 Å². The van der Waals surface area contributed by atoms with Gasteiger partial charge < -0.3 is 15.7 Å². The van der Waals surface area contributed by atoms with E-state index in [0.717, 1.165) is 4.88 Å². The standard InChI is InChI=1S/C16H16N2O4S/c1-3-13(19)18-15-12(8-9(2)23-15)14(20)17-11-6-4-10(5-7-11)16(21)22/h4-8H,3H2,1-2H3,(H,17,20)(H,18,19)(H,21,22). The van der Waals surface area contributed by atoms with E-state index in [9.17, 15) is 14.4 Å². The SMILES string of the molecule is CCC(=O)Nc1sc(C)cc1C(=O)Nc1ccc(C(=O)O)cc1. The van der Waals surface area contributed by atoms with Crippen LogP contribution in [0.25, 0.3) is 0 Å². The first-order chi connectivity index (χ1) is 10.9. The third-order valence-corrected chi connectivity index (χ3v) is 4.03. The Balaban J connectivity index is 2.17. The first kappa shape index (κ1) is 16.7. The number of hydrogen-bond acceptors (Lipinski definition) is 4. The molecule has 0 aliphatic rings. The molecule has 2 aromatic rings. The highest BCUT2D eigenvalue weighted by molar-refractivity contribution is 7.16. The summed E-state index contributed by atoms with van der Waals surface area (Å²) in [5, 5.41) is 14.8. The topological polar surface area (TPSA) is 95.5 Å². The maximum atomic E-state index is 12.4. The molecule has 1 aromatic carbocycles. The number of amides is 2. The molecule has 0 saturated carbocycles. The van der Waals surface area contributed by atoms with Gasteiger partial charge in [0.2, 0.25) is 5.91 Å². The molecule has 0 spiro atoms. The summed E-state index contributed by atoms with van der Waals surface area (Å²) >= 11 is 1.33. The minimum atomic E-state index is -1.03. The van der Waals surface area contributed by atoms with Crippen LogP contribution in [0.15, 0.2) is 30.3 Å². The van der Waals surface area contributed by atoms with Gasteiger partial charge in [0.25, 0.3) is 5.91 Å². The van der Waals surface area contributed by atoms with Crippen molar-refractivity contribution < 1.29 is 19.5 Å². The van der Waals surface area contributed by atoms with Crippen LogP contribution in [0.5, 0.6) is 0 Å². The average Bonchev–Trinajstić information content (AvgIpc) is 2.88. The molecular formula is C16H16N2O4S. The van der Waals surface area contributed by atoms with Crippen LogP contribution in [0.2, 0.25) is 0 Å². The zero-order valence-electron chi connectivity index (χ0n) is 12.7. The van der Waals surface area contributed by atoms with Crippen LogP contribution < -0.4 is 10.6 Å². The fraction of sp³-hybridized carbons (Fsp3) is 0.188. The van der Waals surface area contributed by atoms with E-state index < -0.39 is 5.97 Å². The second-order valence-corrected chi connectivity index (χ2v) is 6.09. The molecule has 0 aliphatic carbocycles. The van der Waals surface area contributed by atoms with E-state index in [2.05, 4.69) is 10.6 Å². The van der Waals surface area contributed by atoms with Crippen LogP contribution >= 0.6 is 11.3 Å². The molecule has 1 aromatic heterocycles. The fourth-order valence-corrected chi connectivity index (χ4v) is 2.81. The maximum absolute atomic E-state index is 12.4. The zero-order valence-corrected chi connectivity index (χ0v) is 13.5. The van der Waals surface area contributed by atoms with Crippen LogP contribution in [0.4, 0.5) is 10.7 Å². The lowest BCUT2D eigenvalue weighted by molar-refractivity contribution is -0.115. The van der Waals surface area contributed by atoms with E-state index in [4.69, 9.17) is 5.11 Å². The number of carboxylic acids is 1. The lowest BCUT2D eigenvalue weighted by atomic mass is 10.2. The molecule has 23 heavy (non-hydrogen) atoms. The highest BCUT2D eigenvalue weighted by atomic mass is 32.1. The number of aromatic carboxylic acids is 1. The predicted molar refractivity (Wildman–Crippen MR) is 89.3 cm³/mol. The molecule has 2 rings (SSSR count). The summed E-state index contributed by atoms with van der Waals surface area (Å²) in [6.07, 6.45) is 0.328. The van der Waals surface area contributed by atoms with Gasteiger partial charge in [0.05, 0.1) is 11.1 Å². The molecule has 0 saturated heterocycles. The molecular weight excluding hydrogens is 316 g/mol. The summed E-state index contributed by atoms with van der Waals surface area (Å²) in [4.78, 5) is 35.6. The van der Waals surface area contributed by atoms with Crippen LogP contribution in [0, 0.1) is 6.92 Å². The van der Waals surface area contributed by atoms with Crippen molar-refractivity contribution in [2.45, 2.75) is 20.3 Å². The Bertz CT molecular complexity index is 750. The van der Waals surface area contributed by atoms with Crippen molar-refractivity contribution in [1.29, 1.82) is 0 Å². The normalized spacial score (nSPS) is 10.2. The van der Waals surface area contributed by atoms with Gasteiger partial charge in [0.15, 0.2) is 0 Å². The average molecular weight is 332 g/mol. The summed E-state index contributed by atoms with van der Waals surface area (Å²) in [7, 11) is 0. The zero-order chi connectivity index (χ0) is 17.0. The molecule has 0 unspecified atom stereocenters. The van der Waals surface area contributed by atoms with Crippen molar-refractivity contribution in [3.05, 3.63) is 46.3 Å². The predicted octanol–water partition coefficient (Wildman–Crippen LogP) is 3.36. The largest absolute Gasteiger partial charge is 0.478 e. The summed E-state index contributed by atoms with van der Waals surface area (Å²) in [6, 6.07) is 7.57. The molecule has 1 heterocycles. The van der Waals surface area contributed by atoms with Gasteiger partial charge in [-0.05, 0) is 37.3 Å². The van der Waals surface area contributed by atoms with Crippen molar-refractivity contribution in [2.24, 2.45) is 0 Å². The van der Waals surface area contributed by atoms with E-state index in [0.29, 0.717) is 22.7 Å². The van der Waals surface area contributed by atoms with Crippen molar-refractivity contribution >= 4 is 39.8 Å². The number of benzene rings is 1. The van der Waals surface area contributed by atoms with Gasteiger partial charge in [0, 0.05) is 17.0 Å². The van der Waals surface area contributed by atoms with Crippen LogP contribution in [-0.4, -0.2) is 22.9 Å². The Morgan fingerprint density at radius 1 is 1.13 bits per heavy atom.